The smallest absolute Gasteiger partial charge is 0.162 e. The molecule has 0 saturated heterocycles. The second-order valence-electron chi connectivity index (χ2n) is 6.18. The standard InChI is InChI=1S/C21H20N4OS2.C2H6/c1-26-11-6-12-27-21-17(22)16-18(14-7-3-2-4-8-14)24-19(25-20(16)28-21)15-9-5-10-23-13-15;1-2/h2-5,7-10,13H,6,11-12,22H2,1H3;1-2H3. The van der Waals surface area contributed by atoms with Gasteiger partial charge in [-0.1, -0.05) is 44.2 Å². The van der Waals surface area contributed by atoms with Gasteiger partial charge in [0.2, 0.25) is 0 Å². The predicted molar refractivity (Wildman–Crippen MR) is 129 cm³/mol. The van der Waals surface area contributed by atoms with E-state index in [-0.39, 0.29) is 0 Å². The minimum absolute atomic E-state index is 0.664. The van der Waals surface area contributed by atoms with Crippen molar-refractivity contribution in [2.75, 3.05) is 25.2 Å². The molecule has 5 nitrogen and oxygen atoms in total. The Balaban J connectivity index is 0.00000124. The van der Waals surface area contributed by atoms with Crippen molar-refractivity contribution in [3.05, 3.63) is 54.9 Å². The van der Waals surface area contributed by atoms with Gasteiger partial charge in [0.1, 0.15) is 4.83 Å². The number of nitrogen functional groups attached to an aromatic ring is 1. The molecule has 0 aliphatic rings. The van der Waals surface area contributed by atoms with Crippen molar-refractivity contribution >= 4 is 39.0 Å². The predicted octanol–water partition coefficient (Wildman–Crippen LogP) is 6.16. The SMILES string of the molecule is CC.COCCCSc1sc2nc(-c3cccnc3)nc(-c3ccccc3)c2c1N. The highest BCUT2D eigenvalue weighted by Gasteiger charge is 2.19. The largest absolute Gasteiger partial charge is 0.397 e. The van der Waals surface area contributed by atoms with Crippen LogP contribution in [0.3, 0.4) is 0 Å². The molecular formula is C23H26N4OS2. The minimum atomic E-state index is 0.664. The van der Waals surface area contributed by atoms with Crippen LogP contribution < -0.4 is 5.73 Å². The first-order valence-electron chi connectivity index (χ1n) is 9.95. The number of fused-ring (bicyclic) bond motifs is 1. The lowest BCUT2D eigenvalue weighted by molar-refractivity contribution is 0.200. The summed E-state index contributed by atoms with van der Waals surface area (Å²) >= 11 is 3.38. The first-order chi connectivity index (χ1) is 14.8. The molecular weight excluding hydrogens is 412 g/mol. The molecule has 156 valence electrons. The van der Waals surface area contributed by atoms with Gasteiger partial charge >= 0.3 is 0 Å². The molecule has 3 heterocycles. The molecule has 0 unspecified atom stereocenters. The van der Waals surface area contributed by atoms with Crippen LogP contribution in [0.25, 0.3) is 32.9 Å². The summed E-state index contributed by atoms with van der Waals surface area (Å²) in [5, 5.41) is 0.929. The van der Waals surface area contributed by atoms with Crippen LogP contribution in [0.4, 0.5) is 5.69 Å². The average Bonchev–Trinajstić information content (AvgIpc) is 3.14. The third-order valence-corrected chi connectivity index (χ3v) is 6.72. The van der Waals surface area contributed by atoms with Gasteiger partial charge in [-0.05, 0) is 18.6 Å². The normalized spacial score (nSPS) is 10.6. The topological polar surface area (TPSA) is 73.9 Å². The van der Waals surface area contributed by atoms with Crippen LogP contribution in [-0.2, 0) is 4.74 Å². The van der Waals surface area contributed by atoms with Gasteiger partial charge in [-0.3, -0.25) is 4.98 Å². The Morgan fingerprint density at radius 1 is 1.03 bits per heavy atom. The number of aromatic nitrogens is 3. The molecule has 0 spiro atoms. The molecule has 7 heteroatoms. The zero-order valence-electron chi connectivity index (χ0n) is 17.5. The van der Waals surface area contributed by atoms with Crippen LogP contribution in [0.2, 0.25) is 0 Å². The number of ether oxygens (including phenoxy) is 1. The number of hydrogen-bond acceptors (Lipinski definition) is 7. The number of methoxy groups -OCH3 is 1. The number of hydrogen-bond donors (Lipinski definition) is 1. The highest BCUT2D eigenvalue weighted by atomic mass is 32.2. The molecule has 4 rings (SSSR count). The van der Waals surface area contributed by atoms with E-state index in [1.807, 2.05) is 44.2 Å². The van der Waals surface area contributed by atoms with E-state index < -0.39 is 0 Å². The zero-order valence-corrected chi connectivity index (χ0v) is 19.1. The van der Waals surface area contributed by atoms with Crippen LogP contribution >= 0.6 is 23.1 Å². The van der Waals surface area contributed by atoms with Crippen molar-refractivity contribution in [1.29, 1.82) is 0 Å². The van der Waals surface area contributed by atoms with Gasteiger partial charge in [-0.15, -0.1) is 23.1 Å². The Morgan fingerprint density at radius 3 is 2.50 bits per heavy atom. The molecule has 2 N–H and O–H groups in total. The van der Waals surface area contributed by atoms with Crippen molar-refractivity contribution in [1.82, 2.24) is 15.0 Å². The Hall–Kier alpha value is -2.48. The zero-order chi connectivity index (χ0) is 21.3. The summed E-state index contributed by atoms with van der Waals surface area (Å²) in [6.07, 6.45) is 4.51. The number of pyridine rings is 1. The third-order valence-electron chi connectivity index (χ3n) is 4.25. The number of nitrogens with two attached hydrogens (primary N) is 1. The molecule has 0 atom stereocenters. The van der Waals surface area contributed by atoms with Crippen LogP contribution in [0.1, 0.15) is 20.3 Å². The summed E-state index contributed by atoms with van der Waals surface area (Å²) in [6, 6.07) is 14.0. The van der Waals surface area contributed by atoms with Gasteiger partial charge in [0, 0.05) is 43.0 Å². The fraction of sp³-hybridized carbons (Fsp3) is 0.261. The number of anilines is 1. The maximum Gasteiger partial charge on any atom is 0.162 e. The van der Waals surface area contributed by atoms with Crippen molar-refractivity contribution in [2.24, 2.45) is 0 Å². The fourth-order valence-electron chi connectivity index (χ4n) is 2.91. The second-order valence-corrected chi connectivity index (χ2v) is 8.54. The maximum atomic E-state index is 6.55. The van der Waals surface area contributed by atoms with E-state index in [1.54, 1.807) is 42.6 Å². The van der Waals surface area contributed by atoms with E-state index in [0.29, 0.717) is 5.82 Å². The number of benzene rings is 1. The van der Waals surface area contributed by atoms with E-state index in [4.69, 9.17) is 20.4 Å². The van der Waals surface area contributed by atoms with Crippen molar-refractivity contribution in [3.8, 4) is 22.6 Å². The molecule has 30 heavy (non-hydrogen) atoms. The Labute approximate surface area is 185 Å². The highest BCUT2D eigenvalue weighted by molar-refractivity contribution is 8.01. The first kappa shape index (κ1) is 22.2. The van der Waals surface area contributed by atoms with Crippen LogP contribution in [0, 0.1) is 0 Å². The monoisotopic (exact) mass is 438 g/mol. The van der Waals surface area contributed by atoms with Gasteiger partial charge in [0.05, 0.1) is 21.0 Å². The van der Waals surface area contributed by atoms with Gasteiger partial charge < -0.3 is 10.5 Å². The summed E-state index contributed by atoms with van der Waals surface area (Å²) in [5.41, 5.74) is 10.1. The molecule has 0 bridgehead atoms. The molecule has 0 aliphatic carbocycles. The van der Waals surface area contributed by atoms with E-state index in [1.165, 1.54) is 0 Å². The summed E-state index contributed by atoms with van der Waals surface area (Å²) in [4.78, 5) is 14.8. The van der Waals surface area contributed by atoms with Crippen molar-refractivity contribution in [2.45, 2.75) is 24.5 Å². The summed E-state index contributed by atoms with van der Waals surface area (Å²) in [6.45, 7) is 4.75. The number of thiophene rings is 1. The molecule has 0 radical (unpaired) electrons. The molecule has 0 fully saturated rings. The number of rotatable bonds is 7. The highest BCUT2D eigenvalue weighted by Crippen LogP contribution is 2.44. The molecule has 0 saturated carbocycles. The lowest BCUT2D eigenvalue weighted by Crippen LogP contribution is -1.95. The van der Waals surface area contributed by atoms with Gasteiger partial charge in [0.25, 0.3) is 0 Å². The lowest BCUT2D eigenvalue weighted by atomic mass is 10.1. The summed E-state index contributed by atoms with van der Waals surface area (Å²) in [5.74, 6) is 1.62. The van der Waals surface area contributed by atoms with Gasteiger partial charge in [-0.25, -0.2) is 9.97 Å². The van der Waals surface area contributed by atoms with Gasteiger partial charge in [0.15, 0.2) is 5.82 Å². The second kappa shape index (κ2) is 11.1. The van der Waals surface area contributed by atoms with Crippen molar-refractivity contribution in [3.63, 3.8) is 0 Å². The van der Waals surface area contributed by atoms with E-state index in [0.717, 1.165) is 55.7 Å². The summed E-state index contributed by atoms with van der Waals surface area (Å²) in [7, 11) is 1.72. The molecule has 0 amide bonds. The van der Waals surface area contributed by atoms with E-state index in [2.05, 4.69) is 17.1 Å². The molecule has 1 aromatic carbocycles. The van der Waals surface area contributed by atoms with Crippen LogP contribution in [0.15, 0.2) is 59.1 Å². The van der Waals surface area contributed by atoms with Crippen LogP contribution in [-0.4, -0.2) is 34.4 Å². The first-order valence-corrected chi connectivity index (χ1v) is 11.8. The Morgan fingerprint density at radius 2 is 1.80 bits per heavy atom. The van der Waals surface area contributed by atoms with Crippen LogP contribution in [0.5, 0.6) is 0 Å². The number of thioether (sulfide) groups is 1. The maximum absolute atomic E-state index is 6.55. The van der Waals surface area contributed by atoms with E-state index >= 15 is 0 Å². The lowest BCUT2D eigenvalue weighted by Gasteiger charge is -2.07. The van der Waals surface area contributed by atoms with Gasteiger partial charge in [-0.2, -0.15) is 0 Å². The molecule has 3 aromatic heterocycles. The number of nitrogens with zero attached hydrogens (tertiary/aromatic N) is 3. The molecule has 4 aromatic rings. The Kier molecular flexibility index (Phi) is 8.19. The molecule has 0 aliphatic heterocycles. The van der Waals surface area contributed by atoms with Crippen molar-refractivity contribution < 1.29 is 4.74 Å². The Bertz CT molecular complexity index is 1070. The van der Waals surface area contributed by atoms with E-state index in [9.17, 15) is 0 Å². The fourth-order valence-corrected chi connectivity index (χ4v) is 5.16. The average molecular weight is 439 g/mol. The minimum Gasteiger partial charge on any atom is -0.397 e. The quantitative estimate of drug-likeness (QED) is 0.275. The third kappa shape index (κ3) is 4.98. The summed E-state index contributed by atoms with van der Waals surface area (Å²) < 4.78 is 6.23.